The van der Waals surface area contributed by atoms with Crippen LogP contribution in [-0.2, 0) is 6.42 Å². The third-order valence-corrected chi connectivity index (χ3v) is 5.47. The summed E-state index contributed by atoms with van der Waals surface area (Å²) in [5, 5.41) is 2.36. The fraction of sp³-hybridized carbons (Fsp3) is 0.200. The second-order valence-electron chi connectivity index (χ2n) is 7.92. The number of ketones is 1. The number of rotatable bonds is 5. The van der Waals surface area contributed by atoms with E-state index in [0.717, 1.165) is 11.1 Å². The maximum atomic E-state index is 14.6. The van der Waals surface area contributed by atoms with Gasteiger partial charge in [-0.15, -0.1) is 0 Å². The Morgan fingerprint density at radius 1 is 0.970 bits per heavy atom. The van der Waals surface area contributed by atoms with E-state index in [4.69, 9.17) is 4.74 Å². The molecule has 0 saturated heterocycles. The largest absolute Gasteiger partial charge is 0.487 e. The monoisotopic (exact) mass is 457 g/mol. The molecule has 0 radical (unpaired) electrons. The number of nitrogens with one attached hydrogen (secondary N) is 1. The molecule has 1 aliphatic heterocycles. The highest BCUT2D eigenvalue weighted by atomic mass is 19.2. The van der Waals surface area contributed by atoms with Gasteiger partial charge in [0.25, 0.3) is 5.91 Å². The van der Waals surface area contributed by atoms with E-state index in [2.05, 4.69) is 5.32 Å². The van der Waals surface area contributed by atoms with Crippen LogP contribution in [0, 0.1) is 30.2 Å². The van der Waals surface area contributed by atoms with Gasteiger partial charge in [-0.3, -0.25) is 9.59 Å². The average Bonchev–Trinajstić information content (AvgIpc) is 3.17. The van der Waals surface area contributed by atoms with E-state index in [9.17, 15) is 27.2 Å². The fourth-order valence-corrected chi connectivity index (χ4v) is 3.89. The van der Waals surface area contributed by atoms with Crippen LogP contribution in [0.4, 0.5) is 17.6 Å². The van der Waals surface area contributed by atoms with E-state index in [1.807, 2.05) is 13.0 Å². The molecule has 170 valence electrons. The van der Waals surface area contributed by atoms with Crippen LogP contribution in [0.25, 0.3) is 11.1 Å². The smallest absolute Gasteiger partial charge is 0.257 e. The third-order valence-electron chi connectivity index (χ3n) is 5.47. The van der Waals surface area contributed by atoms with Crippen molar-refractivity contribution in [3.63, 3.8) is 0 Å². The molecule has 0 aliphatic carbocycles. The van der Waals surface area contributed by atoms with E-state index >= 15 is 0 Å². The summed E-state index contributed by atoms with van der Waals surface area (Å²) < 4.78 is 61.7. The maximum absolute atomic E-state index is 14.6. The Bertz CT molecular complexity index is 1290. The highest BCUT2D eigenvalue weighted by molar-refractivity contribution is 5.96. The Morgan fingerprint density at radius 2 is 1.67 bits per heavy atom. The van der Waals surface area contributed by atoms with Crippen LogP contribution in [0.2, 0.25) is 0 Å². The summed E-state index contributed by atoms with van der Waals surface area (Å²) in [6.07, 6.45) is -0.241. The molecular formula is C25H19F4NO3. The summed E-state index contributed by atoms with van der Waals surface area (Å²) >= 11 is 0. The lowest BCUT2D eigenvalue weighted by molar-refractivity contribution is 0.0923. The second kappa shape index (κ2) is 8.69. The normalized spacial score (nSPS) is 14.5. The summed E-state index contributed by atoms with van der Waals surface area (Å²) in [4.78, 5) is 24.0. The topological polar surface area (TPSA) is 55.4 Å². The molecule has 1 aliphatic rings. The van der Waals surface area contributed by atoms with Gasteiger partial charge >= 0.3 is 0 Å². The molecule has 1 heterocycles. The molecule has 1 amide bonds. The van der Waals surface area contributed by atoms with Crippen molar-refractivity contribution in [1.29, 1.82) is 0 Å². The Morgan fingerprint density at radius 3 is 2.39 bits per heavy atom. The second-order valence-corrected chi connectivity index (χ2v) is 7.92. The molecule has 3 aromatic rings. The van der Waals surface area contributed by atoms with Gasteiger partial charge in [0.05, 0.1) is 6.54 Å². The number of hydrogen-bond acceptors (Lipinski definition) is 3. The lowest BCUT2D eigenvalue weighted by atomic mass is 9.95. The van der Waals surface area contributed by atoms with Crippen molar-refractivity contribution < 1.29 is 31.9 Å². The first kappa shape index (κ1) is 22.5. The van der Waals surface area contributed by atoms with Crippen LogP contribution in [-0.4, -0.2) is 24.3 Å². The molecule has 0 spiro atoms. The molecule has 4 rings (SSSR count). The molecule has 33 heavy (non-hydrogen) atoms. The Hall–Kier alpha value is -3.68. The van der Waals surface area contributed by atoms with Gasteiger partial charge in [0.15, 0.2) is 17.4 Å². The highest BCUT2D eigenvalue weighted by Crippen LogP contribution is 2.41. The Balaban J connectivity index is 1.58. The van der Waals surface area contributed by atoms with Crippen LogP contribution >= 0.6 is 0 Å². The Kier molecular flexibility index (Phi) is 5.93. The van der Waals surface area contributed by atoms with Crippen molar-refractivity contribution >= 4 is 11.7 Å². The summed E-state index contributed by atoms with van der Waals surface area (Å²) in [5.41, 5.74) is 1.61. The number of benzene rings is 3. The first-order chi connectivity index (χ1) is 15.7. The van der Waals surface area contributed by atoms with Gasteiger partial charge in [0.2, 0.25) is 0 Å². The zero-order valence-electron chi connectivity index (χ0n) is 17.8. The molecule has 1 atom stereocenters. The van der Waals surface area contributed by atoms with Gasteiger partial charge in [-0.2, -0.15) is 0 Å². The van der Waals surface area contributed by atoms with Crippen LogP contribution in [0.3, 0.4) is 0 Å². The van der Waals surface area contributed by atoms with E-state index in [1.165, 1.54) is 25.1 Å². The van der Waals surface area contributed by atoms with Gasteiger partial charge in [-0.25, -0.2) is 17.6 Å². The highest BCUT2D eigenvalue weighted by Gasteiger charge is 2.29. The summed E-state index contributed by atoms with van der Waals surface area (Å²) in [6, 6.07) is 8.95. The van der Waals surface area contributed by atoms with Crippen molar-refractivity contribution in [1.82, 2.24) is 5.32 Å². The standard InChI is InChI=1S/C25H19F4NO3/c1-12-7-15-9-16(11-30-25(32)22-20(27)5-6-21(28)23(22)29)33-24(15)18(8-12)17-10-14(13(2)31)3-4-19(17)26/h3-8,10,16H,9,11H2,1-2H3,(H,30,32)/t16-/m0/s1. The minimum atomic E-state index is -1.57. The van der Waals surface area contributed by atoms with Gasteiger partial charge in [-0.1, -0.05) is 6.07 Å². The molecule has 0 fully saturated rings. The van der Waals surface area contributed by atoms with Gasteiger partial charge in [-0.05, 0) is 61.4 Å². The minimum Gasteiger partial charge on any atom is -0.487 e. The SMILES string of the molecule is CC(=O)c1ccc(F)c(-c2cc(C)cc3c2O[C@H](CNC(=O)c2c(F)ccc(F)c2F)C3)c1. The Labute approximate surface area is 187 Å². The molecule has 0 unspecified atom stereocenters. The minimum absolute atomic E-state index is 0.114. The summed E-state index contributed by atoms with van der Waals surface area (Å²) in [7, 11) is 0. The summed E-state index contributed by atoms with van der Waals surface area (Å²) in [5.74, 6) is -5.52. The number of aryl methyl sites for hydroxylation is 1. The van der Waals surface area contributed by atoms with E-state index in [-0.39, 0.29) is 17.9 Å². The van der Waals surface area contributed by atoms with Crippen molar-refractivity contribution in [3.8, 4) is 16.9 Å². The molecule has 4 nitrogen and oxygen atoms in total. The van der Waals surface area contributed by atoms with Gasteiger partial charge in [0.1, 0.15) is 29.1 Å². The van der Waals surface area contributed by atoms with E-state index < -0.39 is 40.8 Å². The first-order valence-corrected chi connectivity index (χ1v) is 10.2. The molecule has 0 bridgehead atoms. The van der Waals surface area contributed by atoms with Crippen LogP contribution < -0.4 is 10.1 Å². The number of carbonyl (C=O) groups excluding carboxylic acids is 2. The number of ether oxygens (including phenoxy) is 1. The lowest BCUT2D eigenvalue weighted by Crippen LogP contribution is -2.35. The number of Topliss-reactive ketones (excluding diaryl/α,β-unsaturated/α-hetero) is 1. The quantitative estimate of drug-likeness (QED) is 0.327. The number of amides is 1. The van der Waals surface area contributed by atoms with Crippen molar-refractivity contribution in [2.24, 2.45) is 0 Å². The van der Waals surface area contributed by atoms with Crippen molar-refractivity contribution in [2.75, 3.05) is 6.54 Å². The summed E-state index contributed by atoms with van der Waals surface area (Å²) in [6.45, 7) is 3.11. The molecule has 0 saturated carbocycles. The number of carbonyl (C=O) groups is 2. The zero-order chi connectivity index (χ0) is 23.9. The predicted molar refractivity (Wildman–Crippen MR) is 113 cm³/mol. The zero-order valence-corrected chi connectivity index (χ0v) is 17.8. The number of halogens is 4. The molecule has 8 heteroatoms. The maximum Gasteiger partial charge on any atom is 0.257 e. The third kappa shape index (κ3) is 4.33. The molecule has 0 aromatic heterocycles. The van der Waals surface area contributed by atoms with Crippen molar-refractivity contribution in [2.45, 2.75) is 26.4 Å². The number of hydrogen-bond donors (Lipinski definition) is 1. The van der Waals surface area contributed by atoms with E-state index in [1.54, 1.807) is 6.07 Å². The van der Waals surface area contributed by atoms with Gasteiger partial charge < -0.3 is 10.1 Å². The molecule has 1 N–H and O–H groups in total. The molecule has 3 aromatic carbocycles. The number of fused-ring (bicyclic) bond motifs is 1. The van der Waals surface area contributed by atoms with Crippen molar-refractivity contribution in [3.05, 3.63) is 88.0 Å². The first-order valence-electron chi connectivity index (χ1n) is 10.2. The fourth-order valence-electron chi connectivity index (χ4n) is 3.89. The van der Waals surface area contributed by atoms with Crippen LogP contribution in [0.15, 0.2) is 42.5 Å². The van der Waals surface area contributed by atoms with Crippen LogP contribution in [0.1, 0.15) is 38.8 Å². The average molecular weight is 457 g/mol. The molecular weight excluding hydrogens is 438 g/mol. The van der Waals surface area contributed by atoms with Crippen LogP contribution in [0.5, 0.6) is 5.75 Å². The van der Waals surface area contributed by atoms with Gasteiger partial charge in [0, 0.05) is 23.1 Å². The van der Waals surface area contributed by atoms with E-state index in [0.29, 0.717) is 35.4 Å². The lowest BCUT2D eigenvalue weighted by Gasteiger charge is -2.15. The predicted octanol–water partition coefficient (Wildman–Crippen LogP) is 5.15.